The van der Waals surface area contributed by atoms with E-state index >= 15 is 0 Å². The zero-order chi connectivity index (χ0) is 14.3. The van der Waals surface area contributed by atoms with E-state index in [1.165, 1.54) is 0 Å². The van der Waals surface area contributed by atoms with Crippen LogP contribution in [0.15, 0.2) is 0 Å². The van der Waals surface area contributed by atoms with Gasteiger partial charge in [-0.3, -0.25) is 9.59 Å². The summed E-state index contributed by atoms with van der Waals surface area (Å²) in [6, 6.07) is 0.269. The summed E-state index contributed by atoms with van der Waals surface area (Å²) in [4.78, 5) is 25.8. The Balaban J connectivity index is 0.00000361. The normalized spacial score (nSPS) is 19.9. The molecule has 1 aliphatic rings. The van der Waals surface area contributed by atoms with Gasteiger partial charge in [0.15, 0.2) is 0 Å². The number of hydrogen-bond donors (Lipinski definition) is 2. The van der Waals surface area contributed by atoms with Gasteiger partial charge in [0.25, 0.3) is 0 Å². The Morgan fingerprint density at radius 2 is 2.10 bits per heavy atom. The zero-order valence-corrected chi connectivity index (χ0v) is 13.6. The maximum Gasteiger partial charge on any atom is 0.224 e. The second-order valence-corrected chi connectivity index (χ2v) is 5.36. The highest BCUT2D eigenvalue weighted by molar-refractivity contribution is 5.85. The first-order valence-corrected chi connectivity index (χ1v) is 7.31. The monoisotopic (exact) mass is 305 g/mol. The number of carbonyl (C=O) groups excluding carboxylic acids is 2. The maximum atomic E-state index is 12.1. The predicted molar refractivity (Wildman–Crippen MR) is 83.0 cm³/mol. The highest BCUT2D eigenvalue weighted by Crippen LogP contribution is 2.17. The molecule has 1 aliphatic heterocycles. The Bertz CT molecular complexity index is 313. The average molecular weight is 306 g/mol. The molecule has 0 aromatic heterocycles. The van der Waals surface area contributed by atoms with Gasteiger partial charge in [-0.25, -0.2) is 0 Å². The fourth-order valence-electron chi connectivity index (χ4n) is 2.29. The van der Waals surface area contributed by atoms with E-state index in [1.54, 1.807) is 0 Å². The molecule has 0 aromatic rings. The van der Waals surface area contributed by atoms with E-state index in [2.05, 4.69) is 10.6 Å². The van der Waals surface area contributed by atoms with Gasteiger partial charge in [0.2, 0.25) is 11.8 Å². The van der Waals surface area contributed by atoms with Crippen LogP contribution in [0.3, 0.4) is 0 Å². The van der Waals surface area contributed by atoms with Crippen molar-refractivity contribution >= 4 is 24.2 Å². The first-order valence-electron chi connectivity index (χ1n) is 7.31. The van der Waals surface area contributed by atoms with Gasteiger partial charge in [0.1, 0.15) is 0 Å². The van der Waals surface area contributed by atoms with Crippen LogP contribution in [0.2, 0.25) is 0 Å². The zero-order valence-electron chi connectivity index (χ0n) is 12.8. The number of nitrogens with one attached hydrogen (secondary N) is 2. The highest BCUT2D eigenvalue weighted by Gasteiger charge is 2.27. The number of carbonyl (C=O) groups is 2. The van der Waals surface area contributed by atoms with Gasteiger partial charge in [-0.2, -0.15) is 0 Å². The fourth-order valence-corrected chi connectivity index (χ4v) is 2.29. The molecule has 2 unspecified atom stereocenters. The number of piperidine rings is 1. The molecule has 6 heteroatoms. The van der Waals surface area contributed by atoms with Gasteiger partial charge >= 0.3 is 0 Å². The Labute approximate surface area is 128 Å². The number of halogens is 1. The third-order valence-corrected chi connectivity index (χ3v) is 3.68. The molecule has 0 bridgehead atoms. The van der Waals surface area contributed by atoms with Crippen molar-refractivity contribution in [2.75, 3.05) is 26.7 Å². The van der Waals surface area contributed by atoms with E-state index in [0.29, 0.717) is 19.5 Å². The second kappa shape index (κ2) is 10.00. The van der Waals surface area contributed by atoms with Crippen molar-refractivity contribution in [1.29, 1.82) is 0 Å². The van der Waals surface area contributed by atoms with E-state index in [-0.39, 0.29) is 36.2 Å². The molecule has 5 nitrogen and oxygen atoms in total. The molecular formula is C14H28ClN3O2. The van der Waals surface area contributed by atoms with Gasteiger partial charge in [-0.15, -0.1) is 12.4 Å². The van der Waals surface area contributed by atoms with Crippen LogP contribution in [0.25, 0.3) is 0 Å². The number of likely N-dealkylation sites (tertiary alicyclic amines) is 1. The van der Waals surface area contributed by atoms with Gasteiger partial charge < -0.3 is 15.5 Å². The average Bonchev–Trinajstić information content (AvgIpc) is 2.44. The summed E-state index contributed by atoms with van der Waals surface area (Å²) in [7, 11) is 1.88. The molecule has 0 radical (unpaired) electrons. The largest absolute Gasteiger partial charge is 0.354 e. The molecule has 2 atom stereocenters. The molecule has 1 saturated heterocycles. The SMILES string of the molecule is CCCC(=O)N1CCCC(C(=O)NCC(C)NC)C1.Cl. The molecule has 0 spiro atoms. The molecule has 1 heterocycles. The Kier molecular flexibility index (Phi) is 9.59. The van der Waals surface area contributed by atoms with Crippen LogP contribution in [-0.4, -0.2) is 49.4 Å². The summed E-state index contributed by atoms with van der Waals surface area (Å²) in [5.41, 5.74) is 0. The van der Waals surface area contributed by atoms with Crippen molar-refractivity contribution in [3.8, 4) is 0 Å². The van der Waals surface area contributed by atoms with Gasteiger partial charge in [0.05, 0.1) is 5.92 Å². The summed E-state index contributed by atoms with van der Waals surface area (Å²) in [6.45, 7) is 6.05. The lowest BCUT2D eigenvalue weighted by Crippen LogP contribution is -2.47. The van der Waals surface area contributed by atoms with Crippen molar-refractivity contribution in [3.63, 3.8) is 0 Å². The number of amides is 2. The van der Waals surface area contributed by atoms with Crippen LogP contribution in [-0.2, 0) is 9.59 Å². The first-order chi connectivity index (χ1) is 9.08. The van der Waals surface area contributed by atoms with Gasteiger partial charge in [-0.05, 0) is 33.2 Å². The summed E-state index contributed by atoms with van der Waals surface area (Å²) >= 11 is 0. The summed E-state index contributed by atoms with van der Waals surface area (Å²) < 4.78 is 0. The van der Waals surface area contributed by atoms with Crippen molar-refractivity contribution < 1.29 is 9.59 Å². The van der Waals surface area contributed by atoms with E-state index in [4.69, 9.17) is 0 Å². The van der Waals surface area contributed by atoms with Crippen molar-refractivity contribution in [1.82, 2.24) is 15.5 Å². The third-order valence-electron chi connectivity index (χ3n) is 3.68. The molecule has 1 fully saturated rings. The molecule has 1 rings (SSSR count). The van der Waals surface area contributed by atoms with Crippen LogP contribution >= 0.6 is 12.4 Å². The predicted octanol–water partition coefficient (Wildman–Crippen LogP) is 1.17. The third kappa shape index (κ3) is 6.09. The lowest BCUT2D eigenvalue weighted by molar-refractivity contribution is -0.135. The molecule has 2 amide bonds. The van der Waals surface area contributed by atoms with Crippen LogP contribution < -0.4 is 10.6 Å². The van der Waals surface area contributed by atoms with Crippen molar-refractivity contribution in [3.05, 3.63) is 0 Å². The maximum absolute atomic E-state index is 12.1. The summed E-state index contributed by atoms with van der Waals surface area (Å²) in [5, 5.41) is 6.04. The number of nitrogens with zero attached hydrogens (tertiary/aromatic N) is 1. The Morgan fingerprint density at radius 3 is 2.70 bits per heavy atom. The van der Waals surface area contributed by atoms with Gasteiger partial charge in [-0.1, -0.05) is 6.92 Å². The highest BCUT2D eigenvalue weighted by atomic mass is 35.5. The second-order valence-electron chi connectivity index (χ2n) is 5.36. The van der Waals surface area contributed by atoms with Crippen molar-refractivity contribution in [2.24, 2.45) is 5.92 Å². The van der Waals surface area contributed by atoms with E-state index < -0.39 is 0 Å². The first kappa shape index (κ1) is 19.2. The summed E-state index contributed by atoms with van der Waals surface area (Å²) in [5.74, 6) is 0.221. The van der Waals surface area contributed by atoms with E-state index in [1.807, 2.05) is 25.8 Å². The standard InChI is InChI=1S/C14H27N3O2.ClH/c1-4-6-13(18)17-8-5-7-12(10-17)14(19)16-9-11(2)15-3;/h11-12,15H,4-10H2,1-3H3,(H,16,19);1H. The molecule has 2 N–H and O–H groups in total. The quantitative estimate of drug-likeness (QED) is 0.774. The minimum Gasteiger partial charge on any atom is -0.354 e. The minimum absolute atomic E-state index is 0. The van der Waals surface area contributed by atoms with E-state index in [0.717, 1.165) is 25.8 Å². The molecular weight excluding hydrogens is 278 g/mol. The Morgan fingerprint density at radius 1 is 1.40 bits per heavy atom. The molecule has 118 valence electrons. The number of rotatable bonds is 6. The van der Waals surface area contributed by atoms with Crippen LogP contribution in [0.1, 0.15) is 39.5 Å². The Hall–Kier alpha value is -0.810. The minimum atomic E-state index is -0.0430. The summed E-state index contributed by atoms with van der Waals surface area (Å²) in [6.07, 6.45) is 3.27. The van der Waals surface area contributed by atoms with Gasteiger partial charge in [0, 0.05) is 32.1 Å². The number of likely N-dealkylation sites (N-methyl/N-ethyl adjacent to an activating group) is 1. The van der Waals surface area contributed by atoms with Crippen LogP contribution in [0.5, 0.6) is 0 Å². The lowest BCUT2D eigenvalue weighted by atomic mass is 9.96. The van der Waals surface area contributed by atoms with E-state index in [9.17, 15) is 9.59 Å². The fraction of sp³-hybridized carbons (Fsp3) is 0.857. The van der Waals surface area contributed by atoms with Crippen LogP contribution in [0.4, 0.5) is 0 Å². The van der Waals surface area contributed by atoms with Crippen LogP contribution in [0, 0.1) is 5.92 Å². The molecule has 0 saturated carbocycles. The van der Waals surface area contributed by atoms with Crippen molar-refractivity contribution in [2.45, 2.75) is 45.6 Å². The molecule has 0 aromatic carbocycles. The smallest absolute Gasteiger partial charge is 0.224 e. The number of hydrogen-bond acceptors (Lipinski definition) is 3. The molecule has 0 aliphatic carbocycles. The molecule has 20 heavy (non-hydrogen) atoms. The topological polar surface area (TPSA) is 61.4 Å². The lowest BCUT2D eigenvalue weighted by Gasteiger charge is -2.32.